The van der Waals surface area contributed by atoms with Crippen molar-refractivity contribution in [1.82, 2.24) is 0 Å². The first-order valence-electron chi connectivity index (χ1n) is 1.08. The highest BCUT2D eigenvalue weighted by Gasteiger charge is 1.66. The van der Waals surface area contributed by atoms with Crippen molar-refractivity contribution in [1.29, 1.82) is 0 Å². The molecule has 0 aromatic heterocycles. The molecule has 0 aliphatic heterocycles. The monoisotopic (exact) mass is 201 g/mol. The molecule has 0 spiro atoms. The number of aliphatic imine (C=N–C) groups is 1. The lowest BCUT2D eigenvalue weighted by Crippen LogP contribution is -1.60. The summed E-state index contributed by atoms with van der Waals surface area (Å²) in [5.41, 5.74) is 0. The largest absolute Gasteiger partial charge is 0.276 e. The molecule has 0 N–H and O–H groups in total. The zero-order chi connectivity index (χ0) is 4.28. The molecule has 0 aromatic carbocycles. The minimum absolute atomic E-state index is 0.794. The second-order valence-corrected chi connectivity index (χ2v) is 2.79. The maximum Gasteiger partial charge on any atom is 0.125 e. The molecular weight excluding hydrogens is 197 g/mol. The lowest BCUT2D eigenvalue weighted by atomic mass is 11.4. The Kier molecular flexibility index (Phi) is 3.40. The lowest BCUT2D eigenvalue weighted by molar-refractivity contribution is 1.49. The van der Waals surface area contributed by atoms with E-state index < -0.39 is 0 Å². The van der Waals surface area contributed by atoms with Gasteiger partial charge in [-0.15, -0.1) is 12.6 Å². The van der Waals surface area contributed by atoms with Crippen LogP contribution < -0.4 is 0 Å². The van der Waals surface area contributed by atoms with E-state index in [4.69, 9.17) is 0 Å². The van der Waals surface area contributed by atoms with Crippen LogP contribution in [-0.2, 0) is 0 Å². The van der Waals surface area contributed by atoms with E-state index in [0.29, 0.717) is 0 Å². The molecule has 0 unspecified atom stereocenters. The Bertz CT molecular complexity index is 47.6. The second kappa shape index (κ2) is 2.96. The molecule has 0 saturated heterocycles. The van der Waals surface area contributed by atoms with Crippen molar-refractivity contribution < 1.29 is 0 Å². The van der Waals surface area contributed by atoms with E-state index in [-0.39, 0.29) is 0 Å². The van der Waals surface area contributed by atoms with Gasteiger partial charge in [-0.3, -0.25) is 4.99 Å². The predicted octanol–water partition coefficient (Wildman–Crippen LogP) is 1.34. The summed E-state index contributed by atoms with van der Waals surface area (Å²) in [6.07, 6.45) is 0. The molecule has 0 radical (unpaired) electrons. The van der Waals surface area contributed by atoms with Gasteiger partial charge < -0.3 is 0 Å². The first-order valence-corrected chi connectivity index (χ1v) is 2.61. The summed E-state index contributed by atoms with van der Waals surface area (Å²) in [4.78, 5) is 3.66. The standard InChI is InChI=1S/C2H4INS/c1-4-2(3)5/h1H3,(H,4,5). The summed E-state index contributed by atoms with van der Waals surface area (Å²) in [7, 11) is 1.70. The first kappa shape index (κ1) is 5.75. The van der Waals surface area contributed by atoms with Crippen LogP contribution in [0.2, 0.25) is 0 Å². The average Bonchev–Trinajstić information content (AvgIpc) is 1.38. The van der Waals surface area contributed by atoms with Gasteiger partial charge in [0.2, 0.25) is 0 Å². The van der Waals surface area contributed by atoms with Gasteiger partial charge >= 0.3 is 0 Å². The van der Waals surface area contributed by atoms with Crippen molar-refractivity contribution in [3.8, 4) is 0 Å². The fourth-order valence-electron chi connectivity index (χ4n) is 0. The molecule has 0 heterocycles. The molecule has 3 heteroatoms. The Labute approximate surface area is 50.4 Å². The Morgan fingerprint density at radius 1 is 2.00 bits per heavy atom. The summed E-state index contributed by atoms with van der Waals surface area (Å²) in [6.45, 7) is 0. The van der Waals surface area contributed by atoms with E-state index >= 15 is 0 Å². The van der Waals surface area contributed by atoms with Crippen LogP contribution in [-0.4, -0.2) is 10.1 Å². The zero-order valence-electron chi connectivity index (χ0n) is 2.77. The Balaban J connectivity index is 3.14. The number of thiol groups is 1. The van der Waals surface area contributed by atoms with Crippen LogP contribution in [0.5, 0.6) is 0 Å². The SMILES string of the molecule is CN=C(S)I. The molecule has 30 valence electrons. The molecule has 0 saturated carbocycles. The molecule has 0 aromatic rings. The van der Waals surface area contributed by atoms with Crippen LogP contribution in [0, 0.1) is 0 Å². The summed E-state index contributed by atoms with van der Waals surface area (Å²) < 4.78 is 0.794. The fraction of sp³-hybridized carbons (Fsp3) is 0.500. The average molecular weight is 201 g/mol. The quantitative estimate of drug-likeness (QED) is 0.263. The van der Waals surface area contributed by atoms with Crippen molar-refractivity contribution >= 4 is 38.3 Å². The van der Waals surface area contributed by atoms with E-state index in [2.05, 4.69) is 17.6 Å². The van der Waals surface area contributed by atoms with E-state index in [0.717, 1.165) is 3.05 Å². The van der Waals surface area contributed by atoms with E-state index in [1.165, 1.54) is 0 Å². The molecule has 0 fully saturated rings. The van der Waals surface area contributed by atoms with Gasteiger partial charge in [-0.2, -0.15) is 0 Å². The summed E-state index contributed by atoms with van der Waals surface area (Å²) in [5.74, 6) is 0. The third-order valence-corrected chi connectivity index (χ3v) is 0.867. The predicted molar refractivity (Wildman–Crippen MR) is 36.4 cm³/mol. The number of hydrogen-bond acceptors (Lipinski definition) is 1. The lowest BCUT2D eigenvalue weighted by Gasteiger charge is -1.70. The number of halogens is 1. The number of hydrogen-bond donors (Lipinski definition) is 1. The maximum atomic E-state index is 3.83. The van der Waals surface area contributed by atoms with Crippen molar-refractivity contribution in [2.75, 3.05) is 7.05 Å². The maximum absolute atomic E-state index is 3.83. The molecule has 0 aliphatic carbocycles. The van der Waals surface area contributed by atoms with Crippen LogP contribution in [0.15, 0.2) is 4.99 Å². The summed E-state index contributed by atoms with van der Waals surface area (Å²) in [6, 6.07) is 0. The van der Waals surface area contributed by atoms with Crippen LogP contribution in [0.4, 0.5) is 0 Å². The Hall–Kier alpha value is 0.750. The van der Waals surface area contributed by atoms with Gasteiger partial charge in [0.05, 0.1) is 0 Å². The molecule has 0 amide bonds. The fourth-order valence-corrected chi connectivity index (χ4v) is 0. The third-order valence-electron chi connectivity index (χ3n) is 0.185. The van der Waals surface area contributed by atoms with E-state index in [9.17, 15) is 0 Å². The Morgan fingerprint density at radius 2 is 2.20 bits per heavy atom. The van der Waals surface area contributed by atoms with Gasteiger partial charge in [-0.05, 0) is 22.6 Å². The van der Waals surface area contributed by atoms with Gasteiger partial charge in [0.25, 0.3) is 0 Å². The van der Waals surface area contributed by atoms with Gasteiger partial charge in [0, 0.05) is 7.05 Å². The summed E-state index contributed by atoms with van der Waals surface area (Å²) in [5, 5.41) is 0. The minimum Gasteiger partial charge on any atom is -0.276 e. The van der Waals surface area contributed by atoms with E-state index in [1.54, 1.807) is 7.05 Å². The third kappa shape index (κ3) is 4.75. The smallest absolute Gasteiger partial charge is 0.125 e. The van der Waals surface area contributed by atoms with Gasteiger partial charge in [0.15, 0.2) is 0 Å². The molecule has 5 heavy (non-hydrogen) atoms. The molecule has 0 atom stereocenters. The molecule has 0 aliphatic rings. The van der Waals surface area contributed by atoms with Crippen molar-refractivity contribution in [2.24, 2.45) is 4.99 Å². The normalized spacial score (nSPS) is 12.2. The first-order chi connectivity index (χ1) is 2.27. The van der Waals surface area contributed by atoms with Gasteiger partial charge in [0.1, 0.15) is 3.05 Å². The molecular formula is C2H4INS. The minimum atomic E-state index is 0.794. The van der Waals surface area contributed by atoms with Crippen LogP contribution in [0.1, 0.15) is 0 Å². The highest BCUT2D eigenvalue weighted by atomic mass is 127. The summed E-state index contributed by atoms with van der Waals surface area (Å²) >= 11 is 5.86. The molecule has 0 rings (SSSR count). The highest BCUT2D eigenvalue weighted by molar-refractivity contribution is 14.1. The Morgan fingerprint density at radius 3 is 2.20 bits per heavy atom. The highest BCUT2D eigenvalue weighted by Crippen LogP contribution is 1.90. The van der Waals surface area contributed by atoms with Gasteiger partial charge in [-0.1, -0.05) is 0 Å². The van der Waals surface area contributed by atoms with Crippen LogP contribution in [0.3, 0.4) is 0 Å². The molecule has 0 bridgehead atoms. The molecule has 1 nitrogen and oxygen atoms in total. The van der Waals surface area contributed by atoms with Crippen molar-refractivity contribution in [2.45, 2.75) is 0 Å². The number of rotatable bonds is 0. The topological polar surface area (TPSA) is 12.4 Å². The van der Waals surface area contributed by atoms with E-state index in [1.807, 2.05) is 22.6 Å². The second-order valence-electron chi connectivity index (χ2n) is 0.493. The van der Waals surface area contributed by atoms with Crippen LogP contribution in [0.25, 0.3) is 0 Å². The van der Waals surface area contributed by atoms with Crippen LogP contribution >= 0.6 is 35.2 Å². The number of nitrogens with zero attached hydrogens (tertiary/aromatic N) is 1. The zero-order valence-corrected chi connectivity index (χ0v) is 5.82. The van der Waals surface area contributed by atoms with Crippen molar-refractivity contribution in [3.63, 3.8) is 0 Å². The van der Waals surface area contributed by atoms with Crippen molar-refractivity contribution in [3.05, 3.63) is 0 Å². The van der Waals surface area contributed by atoms with Gasteiger partial charge in [-0.25, -0.2) is 0 Å².